The van der Waals surface area contributed by atoms with Crippen molar-refractivity contribution in [2.75, 3.05) is 21.3 Å². The van der Waals surface area contributed by atoms with Crippen molar-refractivity contribution in [2.45, 2.75) is 33.0 Å². The Hall–Kier alpha value is -2.01. The third-order valence-electron chi connectivity index (χ3n) is 4.09. The van der Waals surface area contributed by atoms with Crippen molar-refractivity contribution in [1.29, 1.82) is 0 Å². The first kappa shape index (κ1) is 16.4. The fourth-order valence-corrected chi connectivity index (χ4v) is 2.54. The van der Waals surface area contributed by atoms with Crippen LogP contribution in [-0.2, 0) is 13.1 Å². The zero-order valence-corrected chi connectivity index (χ0v) is 14.0. The van der Waals surface area contributed by atoms with E-state index in [-0.39, 0.29) is 6.04 Å². The molecule has 0 bridgehead atoms. The standard InChI is InChI=1S/C17H25N3O2/c1-6-20-10-9-18-17(20)12-19(3)13(2)15-8-7-14(21-4)11-16(15)22-5/h7-11,13H,6,12H2,1-5H3/t13-/m1/s1. The normalized spacial score (nSPS) is 12.5. The lowest BCUT2D eigenvalue weighted by molar-refractivity contribution is 0.238. The van der Waals surface area contributed by atoms with Gasteiger partial charge in [-0.15, -0.1) is 0 Å². The maximum absolute atomic E-state index is 5.51. The molecule has 0 radical (unpaired) electrons. The number of rotatable bonds is 7. The van der Waals surface area contributed by atoms with Gasteiger partial charge in [0.05, 0.1) is 20.8 Å². The summed E-state index contributed by atoms with van der Waals surface area (Å²) in [5.41, 5.74) is 1.14. The summed E-state index contributed by atoms with van der Waals surface area (Å²) in [5.74, 6) is 2.72. The highest BCUT2D eigenvalue weighted by atomic mass is 16.5. The van der Waals surface area contributed by atoms with Crippen LogP contribution < -0.4 is 9.47 Å². The highest BCUT2D eigenvalue weighted by molar-refractivity contribution is 5.42. The Balaban J connectivity index is 2.18. The number of benzene rings is 1. The smallest absolute Gasteiger partial charge is 0.127 e. The van der Waals surface area contributed by atoms with Crippen molar-refractivity contribution in [3.63, 3.8) is 0 Å². The highest BCUT2D eigenvalue weighted by Crippen LogP contribution is 2.32. The number of aromatic nitrogens is 2. The van der Waals surface area contributed by atoms with Gasteiger partial charge < -0.3 is 14.0 Å². The zero-order valence-electron chi connectivity index (χ0n) is 14.0. The van der Waals surface area contributed by atoms with Crippen LogP contribution in [0.5, 0.6) is 11.5 Å². The number of nitrogens with zero attached hydrogens (tertiary/aromatic N) is 3. The van der Waals surface area contributed by atoms with Crippen LogP contribution in [0.15, 0.2) is 30.6 Å². The average Bonchev–Trinajstić information content (AvgIpc) is 3.00. The lowest BCUT2D eigenvalue weighted by Crippen LogP contribution is -2.24. The number of aryl methyl sites for hydroxylation is 1. The molecule has 0 amide bonds. The topological polar surface area (TPSA) is 39.5 Å². The summed E-state index contributed by atoms with van der Waals surface area (Å²) in [5, 5.41) is 0. The summed E-state index contributed by atoms with van der Waals surface area (Å²) >= 11 is 0. The Kier molecular flexibility index (Phi) is 5.44. The van der Waals surface area contributed by atoms with Crippen LogP contribution in [0.2, 0.25) is 0 Å². The molecule has 0 aliphatic carbocycles. The molecule has 0 saturated carbocycles. The SMILES string of the molecule is CCn1ccnc1CN(C)[C@H](C)c1ccc(OC)cc1OC. The van der Waals surface area contributed by atoms with Gasteiger partial charge in [-0.1, -0.05) is 6.07 Å². The molecule has 2 rings (SSSR count). The first-order valence-corrected chi connectivity index (χ1v) is 7.52. The molecule has 5 nitrogen and oxygen atoms in total. The van der Waals surface area contributed by atoms with Crippen LogP contribution in [0.25, 0.3) is 0 Å². The van der Waals surface area contributed by atoms with E-state index in [9.17, 15) is 0 Å². The Morgan fingerprint density at radius 2 is 2.05 bits per heavy atom. The zero-order chi connectivity index (χ0) is 16.1. The fourth-order valence-electron chi connectivity index (χ4n) is 2.54. The van der Waals surface area contributed by atoms with E-state index in [0.717, 1.165) is 36.0 Å². The van der Waals surface area contributed by atoms with Gasteiger partial charge in [-0.05, 0) is 27.0 Å². The average molecular weight is 303 g/mol. The molecule has 5 heteroatoms. The van der Waals surface area contributed by atoms with Gasteiger partial charge >= 0.3 is 0 Å². The largest absolute Gasteiger partial charge is 0.497 e. The number of imidazole rings is 1. The monoisotopic (exact) mass is 303 g/mol. The van der Waals surface area contributed by atoms with E-state index >= 15 is 0 Å². The Bertz CT molecular complexity index is 610. The molecule has 22 heavy (non-hydrogen) atoms. The van der Waals surface area contributed by atoms with Crippen LogP contribution in [0.4, 0.5) is 0 Å². The van der Waals surface area contributed by atoms with E-state index in [1.165, 1.54) is 0 Å². The van der Waals surface area contributed by atoms with Crippen LogP contribution in [0.1, 0.15) is 31.3 Å². The van der Waals surface area contributed by atoms with Crippen LogP contribution >= 0.6 is 0 Å². The first-order valence-electron chi connectivity index (χ1n) is 7.52. The lowest BCUT2D eigenvalue weighted by Gasteiger charge is -2.26. The molecule has 0 N–H and O–H groups in total. The summed E-state index contributed by atoms with van der Waals surface area (Å²) in [6, 6.07) is 6.16. The summed E-state index contributed by atoms with van der Waals surface area (Å²) in [6.45, 7) is 6.02. The van der Waals surface area contributed by atoms with Gasteiger partial charge in [0.25, 0.3) is 0 Å². The molecule has 0 fully saturated rings. The molecular formula is C17H25N3O2. The molecule has 1 atom stereocenters. The van der Waals surface area contributed by atoms with Crippen molar-refractivity contribution < 1.29 is 9.47 Å². The molecule has 2 aromatic rings. The maximum Gasteiger partial charge on any atom is 0.127 e. The third-order valence-corrected chi connectivity index (χ3v) is 4.09. The predicted molar refractivity (Wildman–Crippen MR) is 87.3 cm³/mol. The molecule has 0 aliphatic rings. The molecule has 0 unspecified atom stereocenters. The van der Waals surface area contributed by atoms with Gasteiger partial charge in [0.2, 0.25) is 0 Å². The maximum atomic E-state index is 5.51. The van der Waals surface area contributed by atoms with E-state index in [1.54, 1.807) is 14.2 Å². The lowest BCUT2D eigenvalue weighted by atomic mass is 10.1. The van der Waals surface area contributed by atoms with Gasteiger partial charge in [-0.2, -0.15) is 0 Å². The first-order chi connectivity index (χ1) is 10.6. The van der Waals surface area contributed by atoms with Crippen molar-refractivity contribution >= 4 is 0 Å². The summed E-state index contributed by atoms with van der Waals surface area (Å²) in [6.07, 6.45) is 3.87. The number of hydrogen-bond acceptors (Lipinski definition) is 4. The highest BCUT2D eigenvalue weighted by Gasteiger charge is 2.18. The van der Waals surface area contributed by atoms with Crippen molar-refractivity contribution in [3.8, 4) is 11.5 Å². The fraction of sp³-hybridized carbons (Fsp3) is 0.471. The summed E-state index contributed by atoms with van der Waals surface area (Å²) < 4.78 is 12.9. The van der Waals surface area contributed by atoms with Crippen LogP contribution in [-0.4, -0.2) is 35.7 Å². The Labute approximate surface area is 132 Å². The number of ether oxygens (including phenoxy) is 2. The minimum atomic E-state index is 0.211. The van der Waals surface area contributed by atoms with Crippen LogP contribution in [0, 0.1) is 0 Å². The van der Waals surface area contributed by atoms with Crippen LogP contribution in [0.3, 0.4) is 0 Å². The van der Waals surface area contributed by atoms with Crippen molar-refractivity contribution in [1.82, 2.24) is 14.5 Å². The molecule has 1 aromatic heterocycles. The molecule has 1 aromatic carbocycles. The van der Waals surface area contributed by atoms with E-state index < -0.39 is 0 Å². The minimum Gasteiger partial charge on any atom is -0.497 e. The quantitative estimate of drug-likeness (QED) is 0.788. The van der Waals surface area contributed by atoms with E-state index in [1.807, 2.05) is 24.5 Å². The van der Waals surface area contributed by atoms with Gasteiger partial charge in [-0.25, -0.2) is 4.98 Å². The summed E-state index contributed by atoms with van der Waals surface area (Å²) in [7, 11) is 5.45. The van der Waals surface area contributed by atoms with E-state index in [2.05, 4.69) is 41.4 Å². The van der Waals surface area contributed by atoms with E-state index in [0.29, 0.717) is 0 Å². The Morgan fingerprint density at radius 3 is 2.68 bits per heavy atom. The molecule has 0 aliphatic heterocycles. The molecule has 120 valence electrons. The van der Waals surface area contributed by atoms with Crippen molar-refractivity contribution in [3.05, 3.63) is 42.0 Å². The molecule has 0 saturated heterocycles. The number of hydrogen-bond donors (Lipinski definition) is 0. The second kappa shape index (κ2) is 7.31. The minimum absolute atomic E-state index is 0.211. The molecular weight excluding hydrogens is 278 g/mol. The number of methoxy groups -OCH3 is 2. The van der Waals surface area contributed by atoms with Gasteiger partial charge in [0, 0.05) is 36.6 Å². The van der Waals surface area contributed by atoms with E-state index in [4.69, 9.17) is 9.47 Å². The van der Waals surface area contributed by atoms with Gasteiger partial charge in [0.15, 0.2) is 0 Å². The molecule has 0 spiro atoms. The second-order valence-corrected chi connectivity index (χ2v) is 5.33. The third kappa shape index (κ3) is 3.42. The summed E-state index contributed by atoms with van der Waals surface area (Å²) in [4.78, 5) is 6.71. The molecule has 1 heterocycles. The predicted octanol–water partition coefficient (Wildman–Crippen LogP) is 3.11. The van der Waals surface area contributed by atoms with Gasteiger partial charge in [0.1, 0.15) is 17.3 Å². The Morgan fingerprint density at radius 1 is 1.27 bits per heavy atom. The van der Waals surface area contributed by atoms with Gasteiger partial charge in [-0.3, -0.25) is 4.90 Å². The van der Waals surface area contributed by atoms with Crippen molar-refractivity contribution in [2.24, 2.45) is 0 Å². The second-order valence-electron chi connectivity index (χ2n) is 5.33.